The van der Waals surface area contributed by atoms with Gasteiger partial charge in [-0.2, -0.15) is 0 Å². The number of ether oxygens (including phenoxy) is 2. The van der Waals surface area contributed by atoms with Gasteiger partial charge in [-0.25, -0.2) is 4.79 Å². The Morgan fingerprint density at radius 1 is 1.15 bits per heavy atom. The van der Waals surface area contributed by atoms with Crippen molar-refractivity contribution in [2.75, 3.05) is 26.7 Å². The minimum atomic E-state index is -0.602. The van der Waals surface area contributed by atoms with E-state index in [2.05, 4.69) is 0 Å². The van der Waals surface area contributed by atoms with Crippen LogP contribution in [-0.2, 0) is 9.47 Å². The third kappa shape index (κ3) is 4.60. The van der Waals surface area contributed by atoms with Crippen LogP contribution in [0.15, 0.2) is 24.3 Å². The highest BCUT2D eigenvalue weighted by Crippen LogP contribution is 2.23. The average Bonchev–Trinajstić information content (AvgIpc) is 2.79. The zero-order valence-corrected chi connectivity index (χ0v) is 15.9. The van der Waals surface area contributed by atoms with Crippen molar-refractivity contribution in [1.82, 2.24) is 9.80 Å². The highest BCUT2D eigenvalue weighted by atomic mass is 16.6. The second kappa shape index (κ2) is 7.86. The Balaban J connectivity index is 2.06. The van der Waals surface area contributed by atoms with E-state index in [1.807, 2.05) is 6.92 Å². The molecule has 1 aliphatic rings. The maximum Gasteiger partial charge on any atom is 0.410 e. The first kappa shape index (κ1) is 19.9. The van der Waals surface area contributed by atoms with E-state index in [-0.39, 0.29) is 24.9 Å². The fourth-order valence-corrected chi connectivity index (χ4v) is 2.73. The molecule has 1 aromatic rings. The normalized spacial score (nSPS) is 15.0. The number of nitrogens with zero attached hydrogens (tertiary/aromatic N) is 2. The van der Waals surface area contributed by atoms with Crippen LogP contribution in [0, 0.1) is 0 Å². The van der Waals surface area contributed by atoms with Crippen LogP contribution in [-0.4, -0.2) is 66.2 Å². The zero-order valence-electron chi connectivity index (χ0n) is 15.9. The Bertz CT molecular complexity index is 660. The van der Waals surface area contributed by atoms with Crippen LogP contribution < -0.4 is 0 Å². The molecule has 0 saturated carbocycles. The minimum absolute atomic E-state index is 0.0767. The standard InChI is InChI=1S/C19H26N2O5/c1-6-25-13(11-20(5)18(24)26-19(2,3)4)12-21-16(22)14-9-7-8-10-15(14)17(21)23/h7-10,13H,6,11-12H2,1-5H3/t13-/m0/s1. The van der Waals surface area contributed by atoms with E-state index in [0.29, 0.717) is 17.7 Å². The maximum atomic E-state index is 12.5. The lowest BCUT2D eigenvalue weighted by atomic mass is 10.1. The summed E-state index contributed by atoms with van der Waals surface area (Å²) in [6, 6.07) is 6.73. The first-order valence-corrected chi connectivity index (χ1v) is 8.65. The molecular weight excluding hydrogens is 336 g/mol. The van der Waals surface area contributed by atoms with Crippen LogP contribution >= 0.6 is 0 Å². The lowest BCUT2D eigenvalue weighted by molar-refractivity contribution is -0.00143. The SMILES string of the molecule is CCO[C@@H](CN(C)C(=O)OC(C)(C)C)CN1C(=O)c2ccccc2C1=O. The van der Waals surface area contributed by atoms with Crippen LogP contribution in [0.3, 0.4) is 0 Å². The van der Waals surface area contributed by atoms with E-state index in [4.69, 9.17) is 9.47 Å². The molecule has 0 spiro atoms. The Morgan fingerprint density at radius 3 is 2.15 bits per heavy atom. The highest BCUT2D eigenvalue weighted by molar-refractivity contribution is 6.21. The molecule has 0 bridgehead atoms. The fraction of sp³-hybridized carbons (Fsp3) is 0.526. The monoisotopic (exact) mass is 362 g/mol. The van der Waals surface area contributed by atoms with Gasteiger partial charge in [-0.3, -0.25) is 14.5 Å². The molecule has 0 aromatic heterocycles. The van der Waals surface area contributed by atoms with Crippen molar-refractivity contribution in [2.45, 2.75) is 39.4 Å². The Labute approximate surface area is 153 Å². The van der Waals surface area contributed by atoms with Crippen molar-refractivity contribution in [3.63, 3.8) is 0 Å². The lowest BCUT2D eigenvalue weighted by Crippen LogP contribution is -2.45. The summed E-state index contributed by atoms with van der Waals surface area (Å²) in [5.41, 5.74) is 0.191. The van der Waals surface area contributed by atoms with E-state index in [0.717, 1.165) is 0 Å². The number of likely N-dealkylation sites (N-methyl/N-ethyl adjacent to an activating group) is 1. The lowest BCUT2D eigenvalue weighted by Gasteiger charge is -2.29. The smallest absolute Gasteiger partial charge is 0.410 e. The van der Waals surface area contributed by atoms with E-state index in [9.17, 15) is 14.4 Å². The molecule has 2 rings (SSSR count). The van der Waals surface area contributed by atoms with Crippen molar-refractivity contribution in [3.05, 3.63) is 35.4 Å². The van der Waals surface area contributed by atoms with Crippen LogP contribution in [0.25, 0.3) is 0 Å². The molecule has 0 fully saturated rings. The molecule has 1 atom stereocenters. The van der Waals surface area contributed by atoms with Crippen LogP contribution in [0.4, 0.5) is 4.79 Å². The van der Waals surface area contributed by atoms with Gasteiger partial charge in [0.2, 0.25) is 0 Å². The molecule has 0 saturated heterocycles. The number of rotatable bonds is 6. The molecule has 1 heterocycles. The van der Waals surface area contributed by atoms with Crippen LogP contribution in [0.5, 0.6) is 0 Å². The number of hydrogen-bond acceptors (Lipinski definition) is 5. The van der Waals surface area contributed by atoms with Gasteiger partial charge >= 0.3 is 6.09 Å². The first-order valence-electron chi connectivity index (χ1n) is 8.65. The number of amides is 3. The molecule has 3 amide bonds. The largest absolute Gasteiger partial charge is 0.444 e. The molecule has 7 nitrogen and oxygen atoms in total. The molecule has 0 radical (unpaired) electrons. The van der Waals surface area contributed by atoms with Gasteiger partial charge in [0.05, 0.1) is 30.3 Å². The Morgan fingerprint density at radius 2 is 1.69 bits per heavy atom. The minimum Gasteiger partial charge on any atom is -0.444 e. The summed E-state index contributed by atoms with van der Waals surface area (Å²) in [5.74, 6) is -0.676. The topological polar surface area (TPSA) is 76.2 Å². The molecule has 1 aliphatic heterocycles. The molecule has 1 aromatic carbocycles. The number of carbonyl (C=O) groups excluding carboxylic acids is 3. The third-order valence-corrected chi connectivity index (χ3v) is 3.85. The molecule has 0 N–H and O–H groups in total. The fourth-order valence-electron chi connectivity index (χ4n) is 2.73. The van der Waals surface area contributed by atoms with Gasteiger partial charge in [0.25, 0.3) is 11.8 Å². The molecule has 0 unspecified atom stereocenters. The van der Waals surface area contributed by atoms with E-state index >= 15 is 0 Å². The summed E-state index contributed by atoms with van der Waals surface area (Å²) in [4.78, 5) is 39.7. The van der Waals surface area contributed by atoms with Gasteiger partial charge in [-0.05, 0) is 39.8 Å². The quantitative estimate of drug-likeness (QED) is 0.727. The van der Waals surface area contributed by atoms with Gasteiger partial charge in [-0.1, -0.05) is 12.1 Å². The second-order valence-corrected chi connectivity index (χ2v) is 7.20. The number of carbonyl (C=O) groups is 3. The van der Waals surface area contributed by atoms with Crippen LogP contribution in [0.2, 0.25) is 0 Å². The Kier molecular flexibility index (Phi) is 6.02. The molecule has 7 heteroatoms. The summed E-state index contributed by atoms with van der Waals surface area (Å²) < 4.78 is 11.0. The van der Waals surface area contributed by atoms with Gasteiger partial charge in [0, 0.05) is 13.7 Å². The van der Waals surface area contributed by atoms with Crippen molar-refractivity contribution in [2.24, 2.45) is 0 Å². The molecule has 26 heavy (non-hydrogen) atoms. The number of hydrogen-bond donors (Lipinski definition) is 0. The van der Waals surface area contributed by atoms with E-state index in [1.54, 1.807) is 52.1 Å². The van der Waals surface area contributed by atoms with Gasteiger partial charge in [0.15, 0.2) is 0 Å². The molecular formula is C19H26N2O5. The predicted octanol–water partition coefficient (Wildman–Crippen LogP) is 2.55. The first-order chi connectivity index (χ1) is 12.1. The number of benzene rings is 1. The summed E-state index contributed by atoms with van der Waals surface area (Å²) >= 11 is 0. The predicted molar refractivity (Wildman–Crippen MR) is 96.1 cm³/mol. The molecule has 0 aliphatic carbocycles. The number of fused-ring (bicyclic) bond motifs is 1. The van der Waals surface area contributed by atoms with Crippen molar-refractivity contribution < 1.29 is 23.9 Å². The van der Waals surface area contributed by atoms with Gasteiger partial charge < -0.3 is 14.4 Å². The van der Waals surface area contributed by atoms with Gasteiger partial charge in [-0.15, -0.1) is 0 Å². The third-order valence-electron chi connectivity index (χ3n) is 3.85. The summed E-state index contributed by atoms with van der Waals surface area (Å²) in [5, 5.41) is 0. The van der Waals surface area contributed by atoms with Gasteiger partial charge in [0.1, 0.15) is 5.60 Å². The number of imide groups is 1. The van der Waals surface area contributed by atoms with Crippen molar-refractivity contribution in [1.29, 1.82) is 0 Å². The zero-order chi connectivity index (χ0) is 19.5. The summed E-state index contributed by atoms with van der Waals surface area (Å²) in [7, 11) is 1.60. The molecule has 142 valence electrons. The second-order valence-electron chi connectivity index (χ2n) is 7.20. The van der Waals surface area contributed by atoms with E-state index in [1.165, 1.54) is 9.80 Å². The summed E-state index contributed by atoms with van der Waals surface area (Å²) in [6.07, 6.45) is -0.982. The van der Waals surface area contributed by atoms with Crippen molar-refractivity contribution >= 4 is 17.9 Å². The van der Waals surface area contributed by atoms with Crippen molar-refractivity contribution in [3.8, 4) is 0 Å². The maximum absolute atomic E-state index is 12.5. The average molecular weight is 362 g/mol. The van der Waals surface area contributed by atoms with Crippen LogP contribution in [0.1, 0.15) is 48.4 Å². The highest BCUT2D eigenvalue weighted by Gasteiger charge is 2.37. The van der Waals surface area contributed by atoms with E-state index < -0.39 is 17.8 Å². The summed E-state index contributed by atoms with van der Waals surface area (Å²) in [6.45, 7) is 7.87. The Hall–Kier alpha value is -2.41.